The van der Waals surface area contributed by atoms with Crippen LogP contribution in [-0.4, -0.2) is 40.3 Å². The van der Waals surface area contributed by atoms with E-state index in [4.69, 9.17) is 0 Å². The van der Waals surface area contributed by atoms with Crippen LogP contribution >= 0.6 is 0 Å². The van der Waals surface area contributed by atoms with Crippen LogP contribution in [-0.2, 0) is 11.3 Å². The standard InChI is InChI=1S/C10H15N5O/c16-10(6-15-8-12-7-14-15)13-5-9-1-3-11-4-2-9/h1,7-8,11H,2-6H2,(H,13,16). The Balaban J connectivity index is 1.73. The molecule has 1 amide bonds. The van der Waals surface area contributed by atoms with Gasteiger partial charge in [-0.3, -0.25) is 4.79 Å². The van der Waals surface area contributed by atoms with Gasteiger partial charge in [0.2, 0.25) is 5.91 Å². The van der Waals surface area contributed by atoms with Crippen LogP contribution in [0.1, 0.15) is 6.42 Å². The van der Waals surface area contributed by atoms with E-state index in [1.807, 2.05) is 0 Å². The monoisotopic (exact) mass is 221 g/mol. The molecular weight excluding hydrogens is 206 g/mol. The predicted octanol–water partition coefficient (Wildman–Crippen LogP) is -0.686. The molecule has 2 N–H and O–H groups in total. The molecule has 0 bridgehead atoms. The van der Waals surface area contributed by atoms with Crippen molar-refractivity contribution in [1.29, 1.82) is 0 Å². The molecule has 6 nitrogen and oxygen atoms in total. The van der Waals surface area contributed by atoms with Gasteiger partial charge in [-0.25, -0.2) is 9.67 Å². The summed E-state index contributed by atoms with van der Waals surface area (Å²) in [6.07, 6.45) is 6.08. The number of nitrogens with zero attached hydrogens (tertiary/aromatic N) is 3. The summed E-state index contributed by atoms with van der Waals surface area (Å²) in [5.74, 6) is -0.0371. The molecule has 0 aliphatic carbocycles. The van der Waals surface area contributed by atoms with Gasteiger partial charge < -0.3 is 10.6 Å². The van der Waals surface area contributed by atoms with E-state index in [1.54, 1.807) is 0 Å². The first-order chi connectivity index (χ1) is 7.84. The van der Waals surface area contributed by atoms with Crippen molar-refractivity contribution in [2.24, 2.45) is 0 Å². The molecule has 1 aliphatic rings. The Morgan fingerprint density at radius 3 is 3.25 bits per heavy atom. The second-order valence-electron chi connectivity index (χ2n) is 3.69. The fourth-order valence-electron chi connectivity index (χ4n) is 1.56. The van der Waals surface area contributed by atoms with Crippen LogP contribution in [0, 0.1) is 0 Å². The van der Waals surface area contributed by atoms with Gasteiger partial charge in [0, 0.05) is 13.1 Å². The van der Waals surface area contributed by atoms with Crippen LogP contribution in [0.25, 0.3) is 0 Å². The molecule has 2 rings (SSSR count). The molecule has 2 heterocycles. The number of aromatic nitrogens is 3. The van der Waals surface area contributed by atoms with Gasteiger partial charge in [-0.05, 0) is 13.0 Å². The van der Waals surface area contributed by atoms with Gasteiger partial charge in [-0.15, -0.1) is 0 Å². The first kappa shape index (κ1) is 10.8. The molecule has 0 fully saturated rings. The van der Waals surface area contributed by atoms with E-state index < -0.39 is 0 Å². The second kappa shape index (κ2) is 5.41. The zero-order valence-corrected chi connectivity index (χ0v) is 9.02. The van der Waals surface area contributed by atoms with Gasteiger partial charge >= 0.3 is 0 Å². The quantitative estimate of drug-likeness (QED) is 0.660. The molecule has 0 atom stereocenters. The zero-order valence-electron chi connectivity index (χ0n) is 9.02. The van der Waals surface area contributed by atoms with Crippen molar-refractivity contribution in [3.8, 4) is 0 Å². The molecular formula is C10H15N5O. The lowest BCUT2D eigenvalue weighted by Gasteiger charge is -2.14. The number of carbonyl (C=O) groups excluding carboxylic acids is 1. The van der Waals surface area contributed by atoms with Crippen molar-refractivity contribution in [2.75, 3.05) is 19.6 Å². The van der Waals surface area contributed by atoms with Gasteiger partial charge in [-0.2, -0.15) is 5.10 Å². The number of carbonyl (C=O) groups is 1. The number of rotatable bonds is 4. The highest BCUT2D eigenvalue weighted by Gasteiger charge is 2.06. The average molecular weight is 221 g/mol. The highest BCUT2D eigenvalue weighted by atomic mass is 16.2. The number of hydrogen-bond donors (Lipinski definition) is 2. The van der Waals surface area contributed by atoms with Crippen LogP contribution in [0.4, 0.5) is 0 Å². The minimum absolute atomic E-state index is 0.0371. The number of nitrogens with one attached hydrogen (secondary N) is 2. The first-order valence-electron chi connectivity index (χ1n) is 5.32. The summed E-state index contributed by atoms with van der Waals surface area (Å²) < 4.78 is 1.51. The molecule has 0 radical (unpaired) electrons. The Hall–Kier alpha value is -1.69. The summed E-state index contributed by atoms with van der Waals surface area (Å²) in [6, 6.07) is 0. The van der Waals surface area contributed by atoms with Gasteiger partial charge in [0.15, 0.2) is 0 Å². The SMILES string of the molecule is O=C(Cn1cncn1)NCC1=CCNCC1. The first-order valence-corrected chi connectivity index (χ1v) is 5.32. The van der Waals surface area contributed by atoms with Crippen LogP contribution < -0.4 is 10.6 Å². The Bertz CT molecular complexity index is 371. The molecule has 0 spiro atoms. The summed E-state index contributed by atoms with van der Waals surface area (Å²) in [4.78, 5) is 15.3. The van der Waals surface area contributed by atoms with Crippen molar-refractivity contribution < 1.29 is 4.79 Å². The molecule has 0 saturated heterocycles. The van der Waals surface area contributed by atoms with Crippen molar-refractivity contribution in [3.05, 3.63) is 24.3 Å². The fourth-order valence-corrected chi connectivity index (χ4v) is 1.56. The minimum atomic E-state index is -0.0371. The highest BCUT2D eigenvalue weighted by molar-refractivity contribution is 5.75. The van der Waals surface area contributed by atoms with E-state index in [1.165, 1.54) is 22.9 Å². The van der Waals surface area contributed by atoms with Gasteiger partial charge in [0.25, 0.3) is 0 Å². The molecule has 1 aromatic heterocycles. The Morgan fingerprint density at radius 2 is 2.56 bits per heavy atom. The summed E-state index contributed by atoms with van der Waals surface area (Å²) in [7, 11) is 0. The van der Waals surface area contributed by atoms with Crippen LogP contribution in [0.15, 0.2) is 24.3 Å². The highest BCUT2D eigenvalue weighted by Crippen LogP contribution is 2.01. The molecule has 0 unspecified atom stereocenters. The van der Waals surface area contributed by atoms with Crippen LogP contribution in [0.5, 0.6) is 0 Å². The maximum atomic E-state index is 11.5. The van der Waals surface area contributed by atoms with Crippen molar-refractivity contribution in [1.82, 2.24) is 25.4 Å². The molecule has 0 aromatic carbocycles. The van der Waals surface area contributed by atoms with E-state index in [0.717, 1.165) is 19.5 Å². The third kappa shape index (κ3) is 3.16. The van der Waals surface area contributed by atoms with Crippen molar-refractivity contribution >= 4 is 5.91 Å². The van der Waals surface area contributed by atoms with Gasteiger partial charge in [0.05, 0.1) is 0 Å². The van der Waals surface area contributed by atoms with Crippen molar-refractivity contribution in [3.63, 3.8) is 0 Å². The van der Waals surface area contributed by atoms with Crippen LogP contribution in [0.3, 0.4) is 0 Å². The lowest BCUT2D eigenvalue weighted by molar-refractivity contribution is -0.121. The third-order valence-electron chi connectivity index (χ3n) is 2.44. The minimum Gasteiger partial charge on any atom is -0.351 e. The average Bonchev–Trinajstić information content (AvgIpc) is 2.81. The third-order valence-corrected chi connectivity index (χ3v) is 2.44. The Kier molecular flexibility index (Phi) is 3.66. The Labute approximate surface area is 93.7 Å². The molecule has 1 aromatic rings. The maximum Gasteiger partial charge on any atom is 0.242 e. The smallest absolute Gasteiger partial charge is 0.242 e. The van der Waals surface area contributed by atoms with Gasteiger partial charge in [0.1, 0.15) is 19.2 Å². The number of hydrogen-bond acceptors (Lipinski definition) is 4. The largest absolute Gasteiger partial charge is 0.351 e. The van der Waals surface area contributed by atoms with Crippen molar-refractivity contribution in [2.45, 2.75) is 13.0 Å². The molecule has 1 aliphatic heterocycles. The summed E-state index contributed by atoms with van der Waals surface area (Å²) >= 11 is 0. The lowest BCUT2D eigenvalue weighted by Crippen LogP contribution is -2.32. The Morgan fingerprint density at radius 1 is 1.62 bits per heavy atom. The number of amides is 1. The van der Waals surface area contributed by atoms with Gasteiger partial charge in [-0.1, -0.05) is 11.6 Å². The summed E-state index contributed by atoms with van der Waals surface area (Å²) in [5, 5.41) is 9.97. The summed E-state index contributed by atoms with van der Waals surface area (Å²) in [6.45, 7) is 2.75. The summed E-state index contributed by atoms with van der Waals surface area (Å²) in [5.41, 5.74) is 1.28. The lowest BCUT2D eigenvalue weighted by atomic mass is 10.1. The van der Waals surface area contributed by atoms with Crippen LogP contribution in [0.2, 0.25) is 0 Å². The molecule has 16 heavy (non-hydrogen) atoms. The predicted molar refractivity (Wildman–Crippen MR) is 58.6 cm³/mol. The van der Waals surface area contributed by atoms with E-state index in [2.05, 4.69) is 26.8 Å². The zero-order chi connectivity index (χ0) is 11.2. The fraction of sp³-hybridized carbons (Fsp3) is 0.500. The molecule has 6 heteroatoms. The van der Waals surface area contributed by atoms with E-state index in [0.29, 0.717) is 6.54 Å². The van der Waals surface area contributed by atoms with E-state index in [-0.39, 0.29) is 12.5 Å². The molecule has 86 valence electrons. The maximum absolute atomic E-state index is 11.5. The second-order valence-corrected chi connectivity index (χ2v) is 3.69. The topological polar surface area (TPSA) is 71.8 Å². The van der Waals surface area contributed by atoms with E-state index >= 15 is 0 Å². The normalized spacial score (nSPS) is 15.6. The van der Waals surface area contributed by atoms with E-state index in [9.17, 15) is 4.79 Å². The molecule has 0 saturated carbocycles.